The van der Waals surface area contributed by atoms with E-state index in [1.165, 1.54) is 0 Å². The average molecular weight is 426 g/mol. The van der Waals surface area contributed by atoms with Crippen molar-refractivity contribution in [3.63, 3.8) is 0 Å². The van der Waals surface area contributed by atoms with E-state index in [0.29, 0.717) is 23.4 Å². The van der Waals surface area contributed by atoms with Crippen LogP contribution in [0.4, 0.5) is 0 Å². The van der Waals surface area contributed by atoms with Crippen LogP contribution >= 0.6 is 0 Å². The van der Waals surface area contributed by atoms with Crippen LogP contribution in [0.1, 0.15) is 30.0 Å². The van der Waals surface area contributed by atoms with E-state index < -0.39 is 22.7 Å². The minimum absolute atomic E-state index is 0.110. The Bertz CT molecular complexity index is 1220. The van der Waals surface area contributed by atoms with Gasteiger partial charge in [0.25, 0.3) is 5.56 Å². The summed E-state index contributed by atoms with van der Waals surface area (Å²) in [6.07, 6.45) is 3.42. The molecule has 2 aliphatic rings. The predicted molar refractivity (Wildman–Crippen MR) is 115 cm³/mol. The van der Waals surface area contributed by atoms with E-state index in [9.17, 15) is 19.2 Å². The maximum absolute atomic E-state index is 13.0. The van der Waals surface area contributed by atoms with Crippen LogP contribution in [0, 0.1) is 0 Å². The quantitative estimate of drug-likeness (QED) is 0.369. The minimum atomic E-state index is -1.79. The summed E-state index contributed by atoms with van der Waals surface area (Å²) in [5.41, 5.74) is 1.81. The molecule has 0 bridgehead atoms. The number of aliphatic hydroxyl groups is 1. The molecule has 1 aromatic carbocycles. The lowest BCUT2D eigenvalue weighted by Crippen LogP contribution is -2.44. The molecule has 2 aromatic heterocycles. The molecular formula is C22H22N2O5S. The first-order chi connectivity index (χ1) is 14.3. The number of rotatable bonds is 1. The number of hydrogen-bond donors (Lipinski definition) is 1. The molecule has 4 heterocycles. The Morgan fingerprint density at radius 3 is 2.67 bits per heavy atom. The molecule has 0 unspecified atom stereocenters. The van der Waals surface area contributed by atoms with E-state index >= 15 is 0 Å². The molecule has 156 valence electrons. The molecule has 7 nitrogen and oxygen atoms in total. The Hall–Kier alpha value is -2.68. The number of benzene rings is 1. The summed E-state index contributed by atoms with van der Waals surface area (Å²) < 4.78 is 16.3. The van der Waals surface area contributed by atoms with Gasteiger partial charge >= 0.3 is 5.97 Å². The fraction of sp³-hybridized carbons (Fsp3) is 0.318. The third-order valence-electron chi connectivity index (χ3n) is 5.42. The van der Waals surface area contributed by atoms with Gasteiger partial charge in [0, 0.05) is 16.5 Å². The summed E-state index contributed by atoms with van der Waals surface area (Å²) in [5.74, 6) is -0.707. The molecule has 0 fully saturated rings. The number of aromatic nitrogens is 2. The van der Waals surface area contributed by atoms with Gasteiger partial charge < -0.3 is 19.0 Å². The number of pyridine rings is 2. The number of cyclic esters (lactones) is 1. The zero-order valence-electron chi connectivity index (χ0n) is 17.0. The Kier molecular flexibility index (Phi) is 5.17. The number of esters is 1. The summed E-state index contributed by atoms with van der Waals surface area (Å²) in [7, 11) is 0. The third-order valence-corrected chi connectivity index (χ3v) is 5.42. The number of hydrogen-bond acceptors (Lipinski definition) is 6. The highest BCUT2D eigenvalue weighted by Crippen LogP contribution is 2.38. The Balaban J connectivity index is 0.000000503. The SMILES string of the molecule is CC[C@@]1(O)C(=O)OCc2c1cc1n(c2=O)Cc2cc3ccccc3nc2-1.C[S+](C)[O-]. The largest absolute Gasteiger partial charge is 0.617 e. The summed E-state index contributed by atoms with van der Waals surface area (Å²) in [6.45, 7) is 2.01. The molecule has 0 spiro atoms. The van der Waals surface area contributed by atoms with E-state index in [-0.39, 0.29) is 18.6 Å². The van der Waals surface area contributed by atoms with E-state index in [2.05, 4.69) is 0 Å². The van der Waals surface area contributed by atoms with Crippen LogP contribution in [0.25, 0.3) is 22.3 Å². The van der Waals surface area contributed by atoms with Crippen molar-refractivity contribution < 1.29 is 19.2 Å². The molecule has 0 saturated carbocycles. The first-order valence-corrected chi connectivity index (χ1v) is 11.5. The highest BCUT2D eigenvalue weighted by atomic mass is 32.2. The van der Waals surface area contributed by atoms with Crippen molar-refractivity contribution in [2.45, 2.75) is 32.1 Å². The molecule has 0 radical (unpaired) electrons. The average Bonchev–Trinajstić information content (AvgIpc) is 3.07. The Labute approximate surface area is 176 Å². The van der Waals surface area contributed by atoms with Gasteiger partial charge in [-0.1, -0.05) is 36.3 Å². The summed E-state index contributed by atoms with van der Waals surface area (Å²) in [6, 6.07) is 11.6. The molecule has 0 amide bonds. The summed E-state index contributed by atoms with van der Waals surface area (Å²) in [5, 5.41) is 11.8. The molecule has 1 N–H and O–H groups in total. The van der Waals surface area contributed by atoms with E-state index in [4.69, 9.17) is 9.72 Å². The summed E-state index contributed by atoms with van der Waals surface area (Å²) >= 11 is -0.611. The molecule has 5 rings (SSSR count). The standard InChI is InChI=1S/C20H16N2O4.C2H6OS/c1-2-20(25)14-8-16-17-12(7-11-5-3-4-6-15(11)21-17)9-22(16)18(23)13(14)10-26-19(20)24;1-4(2)3/h3-8,25H,2,9-10H2,1H3;1-2H3/t20-;/m0./s1. The number of fused-ring (bicyclic) bond motifs is 5. The lowest BCUT2D eigenvalue weighted by molar-refractivity contribution is -0.172. The van der Waals surface area contributed by atoms with E-state index in [1.54, 1.807) is 30.1 Å². The molecule has 2 aliphatic heterocycles. The highest BCUT2D eigenvalue weighted by Gasteiger charge is 2.45. The van der Waals surface area contributed by atoms with Gasteiger partial charge in [0.15, 0.2) is 5.60 Å². The molecule has 1 atom stereocenters. The first-order valence-electron chi connectivity index (χ1n) is 9.57. The van der Waals surface area contributed by atoms with Crippen LogP contribution in [0.15, 0.2) is 41.2 Å². The molecule has 0 aliphatic carbocycles. The second-order valence-electron chi connectivity index (χ2n) is 7.53. The van der Waals surface area contributed by atoms with Crippen molar-refractivity contribution in [3.05, 3.63) is 63.4 Å². The lowest BCUT2D eigenvalue weighted by atomic mass is 9.86. The molecular weight excluding hydrogens is 404 g/mol. The van der Waals surface area contributed by atoms with Gasteiger partial charge in [-0.05, 0) is 24.6 Å². The normalized spacial score (nSPS) is 18.9. The maximum Gasteiger partial charge on any atom is 0.343 e. The van der Waals surface area contributed by atoms with Crippen molar-refractivity contribution in [2.24, 2.45) is 0 Å². The van der Waals surface area contributed by atoms with Gasteiger partial charge in [-0.15, -0.1) is 0 Å². The van der Waals surface area contributed by atoms with Crippen molar-refractivity contribution >= 4 is 28.0 Å². The van der Waals surface area contributed by atoms with Crippen molar-refractivity contribution in [3.8, 4) is 11.4 Å². The zero-order valence-corrected chi connectivity index (χ0v) is 17.8. The molecule has 3 aromatic rings. The predicted octanol–water partition coefficient (Wildman–Crippen LogP) is 2.07. The highest BCUT2D eigenvalue weighted by molar-refractivity contribution is 7.89. The molecule has 8 heteroatoms. The van der Waals surface area contributed by atoms with Gasteiger partial charge in [0.05, 0.1) is 41.5 Å². The number of nitrogens with zero attached hydrogens (tertiary/aromatic N) is 2. The topological polar surface area (TPSA) is 104 Å². The Morgan fingerprint density at radius 2 is 1.97 bits per heavy atom. The van der Waals surface area contributed by atoms with Crippen LogP contribution in [-0.4, -0.2) is 37.7 Å². The van der Waals surface area contributed by atoms with Crippen LogP contribution in [0.2, 0.25) is 0 Å². The van der Waals surface area contributed by atoms with Gasteiger partial charge in [0.1, 0.15) is 6.61 Å². The van der Waals surface area contributed by atoms with Crippen LogP contribution in [-0.2, 0) is 39.5 Å². The smallest absolute Gasteiger partial charge is 0.343 e. The fourth-order valence-corrected chi connectivity index (χ4v) is 3.93. The van der Waals surface area contributed by atoms with Crippen molar-refractivity contribution in [1.82, 2.24) is 9.55 Å². The second kappa shape index (κ2) is 7.54. The maximum atomic E-state index is 13.0. The van der Waals surface area contributed by atoms with Gasteiger partial charge in [-0.25, -0.2) is 9.78 Å². The minimum Gasteiger partial charge on any atom is -0.617 e. The van der Waals surface area contributed by atoms with Crippen LogP contribution in [0.5, 0.6) is 0 Å². The van der Waals surface area contributed by atoms with Crippen LogP contribution in [0.3, 0.4) is 0 Å². The number of carbonyl (C=O) groups excluding carboxylic acids is 1. The molecule has 0 saturated heterocycles. The number of carbonyl (C=O) groups is 1. The van der Waals surface area contributed by atoms with Gasteiger partial charge in [-0.2, -0.15) is 0 Å². The molecule has 30 heavy (non-hydrogen) atoms. The lowest BCUT2D eigenvalue weighted by Gasteiger charge is -2.31. The second-order valence-corrected chi connectivity index (χ2v) is 9.02. The van der Waals surface area contributed by atoms with E-state index in [0.717, 1.165) is 22.2 Å². The monoisotopic (exact) mass is 426 g/mol. The van der Waals surface area contributed by atoms with Gasteiger partial charge in [-0.3, -0.25) is 4.79 Å². The van der Waals surface area contributed by atoms with Gasteiger partial charge in [0.2, 0.25) is 0 Å². The third kappa shape index (κ3) is 3.21. The number of ether oxygens (including phenoxy) is 1. The zero-order chi connectivity index (χ0) is 21.6. The number of para-hydroxylation sites is 1. The van der Waals surface area contributed by atoms with E-state index in [1.807, 2.05) is 30.3 Å². The first kappa shape index (κ1) is 20.6. The Morgan fingerprint density at radius 1 is 1.27 bits per heavy atom. The fourth-order valence-electron chi connectivity index (χ4n) is 3.93. The van der Waals surface area contributed by atoms with Crippen LogP contribution < -0.4 is 5.56 Å². The van der Waals surface area contributed by atoms with Crippen molar-refractivity contribution in [1.29, 1.82) is 0 Å². The summed E-state index contributed by atoms with van der Waals surface area (Å²) in [4.78, 5) is 29.9. The van der Waals surface area contributed by atoms with Crippen molar-refractivity contribution in [2.75, 3.05) is 12.5 Å².